The van der Waals surface area contributed by atoms with Crippen molar-refractivity contribution in [2.75, 3.05) is 12.4 Å². The fourth-order valence-electron chi connectivity index (χ4n) is 7.20. The first kappa shape index (κ1) is 22.7. The fraction of sp³-hybridized carbons (Fsp3) is 0.480. The molecule has 1 aromatic rings. The average Bonchev–Trinajstić information content (AvgIpc) is 3.72. The van der Waals surface area contributed by atoms with Gasteiger partial charge in [-0.2, -0.15) is 0 Å². The molecule has 0 aromatic heterocycles. The molecule has 2 aliphatic heterocycles. The normalized spacial score (nSPS) is 35.1. The Balaban J connectivity index is 1.38. The van der Waals surface area contributed by atoms with E-state index < -0.39 is 69.1 Å². The summed E-state index contributed by atoms with van der Waals surface area (Å²) in [5.74, 6) is -8.64. The number of hydrogen-bond acceptors (Lipinski definition) is 9. The second kappa shape index (κ2) is 6.50. The Labute approximate surface area is 209 Å². The highest BCUT2D eigenvalue weighted by molar-refractivity contribution is 6.14. The highest BCUT2D eigenvalue weighted by atomic mass is 19.1. The molecular formula is C25H24FN3O8. The first-order valence-electron chi connectivity index (χ1n) is 12.1. The number of phenols is 1. The number of likely N-dealkylation sites (N-methyl/N-ethyl adjacent to an activating group) is 1. The number of rotatable bonds is 1. The van der Waals surface area contributed by atoms with E-state index in [0.717, 1.165) is 0 Å². The molecule has 2 heterocycles. The van der Waals surface area contributed by atoms with Gasteiger partial charge in [-0.1, -0.05) is 0 Å². The quantitative estimate of drug-likeness (QED) is 0.231. The number of aliphatic hydroxyl groups is 3. The third-order valence-electron chi connectivity index (χ3n) is 9.28. The van der Waals surface area contributed by atoms with Crippen molar-refractivity contribution in [2.45, 2.75) is 55.6 Å². The van der Waals surface area contributed by atoms with E-state index in [2.05, 4.69) is 5.32 Å². The lowest BCUT2D eigenvalue weighted by molar-refractivity contribution is -0.126. The summed E-state index contributed by atoms with van der Waals surface area (Å²) in [6.45, 7) is 0.0584. The Morgan fingerprint density at radius 3 is 2.54 bits per heavy atom. The summed E-state index contributed by atoms with van der Waals surface area (Å²) in [6, 6.07) is 0. The van der Waals surface area contributed by atoms with Gasteiger partial charge in [0.2, 0.25) is 17.5 Å². The van der Waals surface area contributed by atoms with E-state index in [1.54, 1.807) is 11.9 Å². The van der Waals surface area contributed by atoms with Crippen LogP contribution in [0.2, 0.25) is 0 Å². The minimum atomic E-state index is -2.44. The molecular weight excluding hydrogens is 489 g/mol. The lowest BCUT2D eigenvalue weighted by atomic mass is 9.60. The van der Waals surface area contributed by atoms with Crippen LogP contribution in [0.15, 0.2) is 16.9 Å². The third kappa shape index (κ3) is 2.39. The second-order valence-electron chi connectivity index (χ2n) is 11.0. The lowest BCUT2D eigenvalue weighted by Gasteiger charge is -2.40. The SMILES string of the molecule is CN1Cc2c(F)c3c(c(O)c2NC(=O)C12CC2)C(O)=C1C(=O)[C@]24OC2(O)C(C(N)=O)=C(O)C[C@@H]4C[C@@H]1C3. The van der Waals surface area contributed by atoms with Crippen LogP contribution in [0.5, 0.6) is 5.75 Å². The summed E-state index contributed by atoms with van der Waals surface area (Å²) in [7, 11) is 1.71. The van der Waals surface area contributed by atoms with E-state index in [0.29, 0.717) is 12.8 Å². The van der Waals surface area contributed by atoms with Crippen molar-refractivity contribution in [1.82, 2.24) is 4.90 Å². The number of aromatic hydroxyl groups is 1. The maximum absolute atomic E-state index is 16.0. The van der Waals surface area contributed by atoms with Gasteiger partial charge in [-0.25, -0.2) is 4.39 Å². The Hall–Kier alpha value is -3.48. The van der Waals surface area contributed by atoms with Crippen molar-refractivity contribution >= 4 is 29.0 Å². The Bertz CT molecular complexity index is 1460. The van der Waals surface area contributed by atoms with E-state index in [1.165, 1.54) is 0 Å². The Kier molecular flexibility index (Phi) is 3.99. The van der Waals surface area contributed by atoms with Gasteiger partial charge in [0.05, 0.1) is 11.3 Å². The van der Waals surface area contributed by atoms with Gasteiger partial charge in [0.25, 0.3) is 5.91 Å². The number of anilines is 1. The van der Waals surface area contributed by atoms with Crippen LogP contribution in [0.25, 0.3) is 5.76 Å². The van der Waals surface area contributed by atoms with Crippen molar-refractivity contribution in [2.24, 2.45) is 17.6 Å². The van der Waals surface area contributed by atoms with Gasteiger partial charge in [0, 0.05) is 35.6 Å². The number of allylic oxidation sites excluding steroid dienone is 1. The first-order chi connectivity index (χ1) is 17.4. The number of epoxide rings is 1. The number of nitrogens with zero attached hydrogens (tertiary/aromatic N) is 1. The summed E-state index contributed by atoms with van der Waals surface area (Å²) in [6.07, 6.45) is 1.10. The van der Waals surface area contributed by atoms with Gasteiger partial charge in [0.1, 0.15) is 28.4 Å². The van der Waals surface area contributed by atoms with Crippen LogP contribution in [0, 0.1) is 17.7 Å². The number of carbonyl (C=O) groups excluding carboxylic acids is 3. The molecule has 1 saturated heterocycles. The minimum absolute atomic E-state index is 0.0148. The number of primary amides is 1. The number of Topliss-reactive ketones (excluding diaryl/α,β-unsaturated/α-hetero) is 1. The molecule has 194 valence electrons. The summed E-state index contributed by atoms with van der Waals surface area (Å²) in [5, 5.41) is 46.5. The van der Waals surface area contributed by atoms with Crippen LogP contribution < -0.4 is 11.1 Å². The summed E-state index contributed by atoms with van der Waals surface area (Å²) in [5.41, 5.74) is 1.49. The van der Waals surface area contributed by atoms with Crippen molar-refractivity contribution in [3.05, 3.63) is 39.4 Å². The molecule has 0 radical (unpaired) electrons. The number of carbonyl (C=O) groups is 3. The van der Waals surface area contributed by atoms with Gasteiger partial charge in [-0.3, -0.25) is 19.3 Å². The van der Waals surface area contributed by atoms with E-state index >= 15 is 4.39 Å². The predicted octanol–water partition coefficient (Wildman–Crippen LogP) is 0.637. The monoisotopic (exact) mass is 513 g/mol. The number of nitrogens with two attached hydrogens (primary N) is 1. The number of aliphatic hydroxyl groups excluding tert-OH is 2. The van der Waals surface area contributed by atoms with Gasteiger partial charge < -0.3 is 36.2 Å². The third-order valence-corrected chi connectivity index (χ3v) is 9.28. The molecule has 2 spiro atoms. The summed E-state index contributed by atoms with van der Waals surface area (Å²) in [4.78, 5) is 40.3. The molecule has 7 rings (SSSR count). The molecule has 2 saturated carbocycles. The number of benzene rings is 1. The van der Waals surface area contributed by atoms with Crippen molar-refractivity contribution in [1.29, 1.82) is 0 Å². The zero-order valence-corrected chi connectivity index (χ0v) is 19.7. The molecule has 7 N–H and O–H groups in total. The molecule has 12 heteroatoms. The average molecular weight is 513 g/mol. The molecule has 37 heavy (non-hydrogen) atoms. The molecule has 4 aliphatic carbocycles. The Morgan fingerprint density at radius 1 is 1.19 bits per heavy atom. The maximum Gasteiger partial charge on any atom is 0.253 e. The molecule has 3 fully saturated rings. The smallest absolute Gasteiger partial charge is 0.253 e. The molecule has 0 bridgehead atoms. The molecule has 1 unspecified atom stereocenters. The van der Waals surface area contributed by atoms with Gasteiger partial charge in [0.15, 0.2) is 11.4 Å². The molecule has 11 nitrogen and oxygen atoms in total. The maximum atomic E-state index is 16.0. The van der Waals surface area contributed by atoms with Crippen LogP contribution >= 0.6 is 0 Å². The predicted molar refractivity (Wildman–Crippen MR) is 122 cm³/mol. The number of ether oxygens (including phenoxy) is 1. The highest BCUT2D eigenvalue weighted by Gasteiger charge is 2.84. The van der Waals surface area contributed by atoms with Crippen LogP contribution in [-0.2, 0) is 32.1 Å². The zero-order valence-electron chi connectivity index (χ0n) is 19.7. The van der Waals surface area contributed by atoms with E-state index in [1.807, 2.05) is 0 Å². The number of nitrogens with one attached hydrogen (secondary N) is 1. The summed E-state index contributed by atoms with van der Waals surface area (Å²) >= 11 is 0. The lowest BCUT2D eigenvalue weighted by Crippen LogP contribution is -2.53. The van der Waals surface area contributed by atoms with Crippen molar-refractivity contribution < 1.29 is 43.9 Å². The minimum Gasteiger partial charge on any atom is -0.512 e. The number of amides is 2. The number of ketones is 1. The summed E-state index contributed by atoms with van der Waals surface area (Å²) < 4.78 is 21.5. The number of halogens is 1. The van der Waals surface area contributed by atoms with Crippen LogP contribution in [-0.4, -0.2) is 66.9 Å². The van der Waals surface area contributed by atoms with Gasteiger partial charge >= 0.3 is 0 Å². The molecule has 6 aliphatic rings. The number of fused-ring (bicyclic) bond motifs is 3. The Morgan fingerprint density at radius 2 is 1.89 bits per heavy atom. The number of phenolic OH excluding ortho intramolecular Hbond substituents is 1. The van der Waals surface area contributed by atoms with Crippen LogP contribution in [0.4, 0.5) is 10.1 Å². The first-order valence-corrected chi connectivity index (χ1v) is 12.1. The zero-order chi connectivity index (χ0) is 26.4. The van der Waals surface area contributed by atoms with Gasteiger partial charge in [-0.15, -0.1) is 0 Å². The standard InChI is InChI=1S/C25H24FN3O8/c1-29-7-11-16(26)10-5-8-4-9-6-12(30)15(21(27)34)25(36)24(9,37-25)20(33)13(8)18(31)14(10)19(32)17(11)28-22(35)23(29)2-3-23/h8-9,30-32,36H,2-7H2,1H3,(H2,27,34)(H,28,35)/t8-,9+,24+,25?/m1/s1. The second-order valence-corrected chi connectivity index (χ2v) is 11.0. The van der Waals surface area contributed by atoms with Crippen LogP contribution in [0.3, 0.4) is 0 Å². The van der Waals surface area contributed by atoms with Gasteiger partial charge in [-0.05, 0) is 38.6 Å². The van der Waals surface area contributed by atoms with Crippen molar-refractivity contribution in [3.8, 4) is 5.75 Å². The molecule has 1 aromatic carbocycles. The highest BCUT2D eigenvalue weighted by Crippen LogP contribution is 2.66. The number of hydrogen-bond donors (Lipinski definition) is 6. The molecule has 4 atom stereocenters. The van der Waals surface area contributed by atoms with Crippen molar-refractivity contribution in [3.63, 3.8) is 0 Å². The largest absolute Gasteiger partial charge is 0.512 e. The van der Waals surface area contributed by atoms with Crippen LogP contribution in [0.1, 0.15) is 42.4 Å². The molecule has 2 amide bonds. The van der Waals surface area contributed by atoms with E-state index in [-0.39, 0.29) is 59.7 Å². The van der Waals surface area contributed by atoms with E-state index in [4.69, 9.17) is 10.5 Å². The topological polar surface area (TPSA) is 186 Å². The van der Waals surface area contributed by atoms with E-state index in [9.17, 15) is 34.8 Å². The fourth-order valence-corrected chi connectivity index (χ4v) is 7.20.